The molecule has 114 valence electrons. The lowest BCUT2D eigenvalue weighted by Crippen LogP contribution is -2.01. The van der Waals surface area contributed by atoms with Gasteiger partial charge in [-0.1, -0.05) is 47.5 Å². The first kappa shape index (κ1) is 15.4. The van der Waals surface area contributed by atoms with Crippen molar-refractivity contribution in [3.05, 3.63) is 69.8 Å². The van der Waals surface area contributed by atoms with Crippen LogP contribution in [0.15, 0.2) is 48.7 Å². The van der Waals surface area contributed by atoms with E-state index >= 15 is 0 Å². The number of para-hydroxylation sites is 1. The quantitative estimate of drug-likeness (QED) is 0.708. The monoisotopic (exact) mass is 332 g/mol. The fraction of sp³-hybridized carbons (Fsp3) is 0.222. The molecule has 0 unspecified atom stereocenters. The molecule has 0 radical (unpaired) electrons. The maximum Gasteiger partial charge on any atom is 0.0505 e. The molecule has 1 heterocycles. The van der Waals surface area contributed by atoms with Crippen LogP contribution in [0.4, 0.5) is 0 Å². The third-order valence-corrected chi connectivity index (χ3v) is 4.62. The van der Waals surface area contributed by atoms with Crippen molar-refractivity contribution < 1.29 is 0 Å². The molecule has 0 saturated heterocycles. The van der Waals surface area contributed by atoms with Crippen molar-refractivity contribution in [3.8, 4) is 0 Å². The van der Waals surface area contributed by atoms with Crippen molar-refractivity contribution in [2.24, 2.45) is 5.73 Å². The minimum absolute atomic E-state index is 0.668. The van der Waals surface area contributed by atoms with E-state index in [1.165, 1.54) is 16.5 Å². The highest BCUT2D eigenvalue weighted by Gasteiger charge is 2.11. The van der Waals surface area contributed by atoms with E-state index in [9.17, 15) is 0 Å². The highest BCUT2D eigenvalue weighted by molar-refractivity contribution is 6.36. The lowest BCUT2D eigenvalue weighted by molar-refractivity contribution is 0.806. The summed E-state index contributed by atoms with van der Waals surface area (Å²) in [5.74, 6) is 0. The van der Waals surface area contributed by atoms with Gasteiger partial charge in [-0.25, -0.2) is 0 Å². The number of hydrogen-bond donors (Lipinski definition) is 1. The molecule has 3 rings (SSSR count). The second-order valence-corrected chi connectivity index (χ2v) is 6.21. The Morgan fingerprint density at radius 1 is 0.955 bits per heavy atom. The lowest BCUT2D eigenvalue weighted by Gasteiger charge is -2.09. The SMILES string of the molecule is NCCCc1cn(Cc2c(Cl)cccc2Cl)c2ccccc12. The Balaban J connectivity index is 2.04. The van der Waals surface area contributed by atoms with Gasteiger partial charge in [-0.3, -0.25) is 0 Å². The molecule has 2 nitrogen and oxygen atoms in total. The fourth-order valence-electron chi connectivity index (χ4n) is 2.80. The number of fused-ring (bicyclic) bond motifs is 1. The number of halogens is 2. The van der Waals surface area contributed by atoms with E-state index in [4.69, 9.17) is 28.9 Å². The molecule has 0 bridgehead atoms. The van der Waals surface area contributed by atoms with E-state index in [0.29, 0.717) is 23.1 Å². The van der Waals surface area contributed by atoms with Gasteiger partial charge >= 0.3 is 0 Å². The number of nitrogens with zero attached hydrogens (tertiary/aromatic N) is 1. The maximum absolute atomic E-state index is 6.31. The van der Waals surface area contributed by atoms with Crippen molar-refractivity contribution in [2.75, 3.05) is 6.54 Å². The van der Waals surface area contributed by atoms with Crippen molar-refractivity contribution in [3.63, 3.8) is 0 Å². The second-order valence-electron chi connectivity index (χ2n) is 5.39. The summed E-state index contributed by atoms with van der Waals surface area (Å²) in [6.45, 7) is 1.37. The molecule has 2 N–H and O–H groups in total. The van der Waals surface area contributed by atoms with Crippen LogP contribution in [-0.4, -0.2) is 11.1 Å². The van der Waals surface area contributed by atoms with Gasteiger partial charge in [0.2, 0.25) is 0 Å². The van der Waals surface area contributed by atoms with Crippen LogP contribution >= 0.6 is 23.2 Å². The molecule has 2 aromatic carbocycles. The van der Waals surface area contributed by atoms with Gasteiger partial charge in [-0.15, -0.1) is 0 Å². The summed E-state index contributed by atoms with van der Waals surface area (Å²) in [6, 6.07) is 14.0. The summed E-state index contributed by atoms with van der Waals surface area (Å²) in [4.78, 5) is 0. The minimum atomic E-state index is 0.668. The van der Waals surface area contributed by atoms with E-state index in [1.807, 2.05) is 18.2 Å². The first-order chi connectivity index (χ1) is 10.7. The molecule has 22 heavy (non-hydrogen) atoms. The molecule has 0 saturated carbocycles. The van der Waals surface area contributed by atoms with E-state index in [1.54, 1.807) is 0 Å². The molecule has 3 aromatic rings. The van der Waals surface area contributed by atoms with Crippen molar-refractivity contribution >= 4 is 34.1 Å². The largest absolute Gasteiger partial charge is 0.343 e. The van der Waals surface area contributed by atoms with Gasteiger partial charge in [-0.2, -0.15) is 0 Å². The summed E-state index contributed by atoms with van der Waals surface area (Å²) in [5, 5.41) is 2.68. The third kappa shape index (κ3) is 3.00. The molecule has 0 aliphatic heterocycles. The lowest BCUT2D eigenvalue weighted by atomic mass is 10.1. The Morgan fingerprint density at radius 2 is 1.68 bits per heavy atom. The smallest absolute Gasteiger partial charge is 0.0505 e. The number of aryl methyl sites for hydroxylation is 1. The van der Waals surface area contributed by atoms with Crippen LogP contribution < -0.4 is 5.73 Å². The summed E-state index contributed by atoms with van der Waals surface area (Å²) in [7, 11) is 0. The minimum Gasteiger partial charge on any atom is -0.343 e. The zero-order chi connectivity index (χ0) is 15.5. The van der Waals surface area contributed by atoms with Crippen LogP contribution in [-0.2, 0) is 13.0 Å². The molecular weight excluding hydrogens is 315 g/mol. The molecule has 0 fully saturated rings. The van der Waals surface area contributed by atoms with E-state index in [-0.39, 0.29) is 0 Å². The van der Waals surface area contributed by atoms with Gasteiger partial charge in [-0.05, 0) is 43.1 Å². The molecule has 0 aliphatic rings. The number of nitrogens with two attached hydrogens (primary N) is 1. The molecule has 1 aromatic heterocycles. The number of hydrogen-bond acceptors (Lipinski definition) is 1. The Hall–Kier alpha value is -1.48. The van der Waals surface area contributed by atoms with E-state index in [2.05, 4.69) is 35.0 Å². The van der Waals surface area contributed by atoms with Crippen LogP contribution in [0.2, 0.25) is 10.0 Å². The predicted octanol–water partition coefficient (Wildman–Crippen LogP) is 4.89. The average molecular weight is 333 g/mol. The van der Waals surface area contributed by atoms with Crippen LogP contribution in [0.1, 0.15) is 17.5 Å². The van der Waals surface area contributed by atoms with Crippen LogP contribution in [0.5, 0.6) is 0 Å². The van der Waals surface area contributed by atoms with Gasteiger partial charge in [0.05, 0.1) is 6.54 Å². The highest BCUT2D eigenvalue weighted by atomic mass is 35.5. The second kappa shape index (κ2) is 6.74. The predicted molar refractivity (Wildman–Crippen MR) is 94.9 cm³/mol. The molecule has 4 heteroatoms. The summed E-state index contributed by atoms with van der Waals surface area (Å²) in [5.41, 5.74) is 9.13. The third-order valence-electron chi connectivity index (χ3n) is 3.91. The number of rotatable bonds is 5. The van der Waals surface area contributed by atoms with E-state index in [0.717, 1.165) is 18.4 Å². The fourth-order valence-corrected chi connectivity index (χ4v) is 3.32. The molecule has 0 atom stereocenters. The Bertz CT molecular complexity index is 773. The topological polar surface area (TPSA) is 30.9 Å². The van der Waals surface area contributed by atoms with Crippen molar-refractivity contribution in [2.45, 2.75) is 19.4 Å². The van der Waals surface area contributed by atoms with Gasteiger partial charge in [0.15, 0.2) is 0 Å². The van der Waals surface area contributed by atoms with Gasteiger partial charge in [0, 0.05) is 32.7 Å². The normalized spacial score (nSPS) is 11.2. The summed E-state index contributed by atoms with van der Waals surface area (Å²) < 4.78 is 2.22. The Morgan fingerprint density at radius 3 is 2.41 bits per heavy atom. The van der Waals surface area contributed by atoms with Gasteiger partial charge < -0.3 is 10.3 Å². The van der Waals surface area contributed by atoms with Crippen molar-refractivity contribution in [1.29, 1.82) is 0 Å². The summed E-state index contributed by atoms with van der Waals surface area (Å²) in [6.07, 6.45) is 4.17. The van der Waals surface area contributed by atoms with Crippen LogP contribution in [0, 0.1) is 0 Å². The standard InChI is InChI=1S/C18H18Cl2N2/c19-16-7-3-8-17(20)15(16)12-22-11-13(5-4-10-21)14-6-1-2-9-18(14)22/h1-3,6-9,11H,4-5,10,12,21H2. The first-order valence-electron chi connectivity index (χ1n) is 7.40. The molecule has 0 aliphatic carbocycles. The van der Waals surface area contributed by atoms with Gasteiger partial charge in [0.25, 0.3) is 0 Å². The molecule has 0 amide bonds. The zero-order valence-electron chi connectivity index (χ0n) is 12.2. The molecule has 0 spiro atoms. The number of aromatic nitrogens is 1. The Kier molecular flexibility index (Phi) is 4.72. The number of benzene rings is 2. The maximum atomic E-state index is 6.31. The highest BCUT2D eigenvalue weighted by Crippen LogP contribution is 2.28. The van der Waals surface area contributed by atoms with Crippen LogP contribution in [0.3, 0.4) is 0 Å². The summed E-state index contributed by atoms with van der Waals surface area (Å²) >= 11 is 12.6. The van der Waals surface area contributed by atoms with Gasteiger partial charge in [0.1, 0.15) is 0 Å². The Labute approximate surface area is 140 Å². The van der Waals surface area contributed by atoms with Crippen molar-refractivity contribution in [1.82, 2.24) is 4.57 Å². The zero-order valence-corrected chi connectivity index (χ0v) is 13.7. The van der Waals surface area contributed by atoms with Crippen LogP contribution in [0.25, 0.3) is 10.9 Å². The first-order valence-corrected chi connectivity index (χ1v) is 8.16. The average Bonchev–Trinajstić information content (AvgIpc) is 2.87. The van der Waals surface area contributed by atoms with E-state index < -0.39 is 0 Å². The molecular formula is C18H18Cl2N2.